The van der Waals surface area contributed by atoms with Crippen LogP contribution in [-0.2, 0) is 12.4 Å². The van der Waals surface area contributed by atoms with Crippen LogP contribution in [0.15, 0.2) is 400 Å². The lowest BCUT2D eigenvalue weighted by Gasteiger charge is -2.18. The first-order chi connectivity index (χ1) is 67.6. The Labute approximate surface area is 786 Å². The quantitative estimate of drug-likeness (QED) is 0.0808. The van der Waals surface area contributed by atoms with Crippen molar-refractivity contribution in [1.82, 2.24) is 0 Å². The molecule has 24 rings (SSSR count). The van der Waals surface area contributed by atoms with Crippen molar-refractivity contribution in [3.63, 3.8) is 0 Å². The van der Waals surface area contributed by atoms with E-state index in [0.29, 0.717) is 65.3 Å². The van der Waals surface area contributed by atoms with Gasteiger partial charge in [0.2, 0.25) is 0 Å². The molecule has 0 heterocycles. The van der Waals surface area contributed by atoms with Crippen LogP contribution in [-0.4, -0.2) is 0 Å². The van der Waals surface area contributed by atoms with E-state index in [9.17, 15) is 79.0 Å². The normalized spacial score (nSPS) is 11.8. The van der Waals surface area contributed by atoms with Crippen molar-refractivity contribution in [2.24, 2.45) is 0 Å². The van der Waals surface area contributed by atoms with Crippen LogP contribution in [0.5, 0.6) is 0 Å². The largest absolute Gasteiger partial charge is 0.416 e. The molecule has 0 aromatic heterocycles. The summed E-state index contributed by atoms with van der Waals surface area (Å²) in [5.74, 6) is -11.5. The molecule has 18 heteroatoms. The van der Waals surface area contributed by atoms with Crippen LogP contribution in [0, 0.1) is 69.8 Å². The Morgan fingerprint density at radius 3 is 0.550 bits per heavy atom. The molecular weight excluding hydrogens is 1810 g/mol. The van der Waals surface area contributed by atoms with E-state index in [-0.39, 0.29) is 11.4 Å². The molecule has 0 aliphatic carbocycles. The molecule has 0 fully saturated rings. The number of alkyl halides is 6. The van der Waals surface area contributed by atoms with E-state index < -0.39 is 87.5 Å². The molecule has 140 heavy (non-hydrogen) atoms. The average molecular weight is 1870 g/mol. The number of halogens is 18. The minimum atomic E-state index is -4.46. The van der Waals surface area contributed by atoms with Gasteiger partial charge in [0.25, 0.3) is 0 Å². The molecule has 0 radical (unpaired) electrons. The van der Waals surface area contributed by atoms with Crippen LogP contribution in [0.2, 0.25) is 0 Å². The fourth-order valence-corrected chi connectivity index (χ4v) is 19.6. The van der Waals surface area contributed by atoms with Crippen molar-refractivity contribution in [2.75, 3.05) is 0 Å². The lowest BCUT2D eigenvalue weighted by molar-refractivity contribution is -0.138. The molecule has 0 nitrogen and oxygen atoms in total. The Balaban J connectivity index is 0.000000111. The highest BCUT2D eigenvalue weighted by Crippen LogP contribution is 2.52. The maximum atomic E-state index is 14.2. The number of rotatable bonds is 8. The fourth-order valence-electron chi connectivity index (χ4n) is 19.6. The number of hydrogen-bond acceptors (Lipinski definition) is 0. The van der Waals surface area contributed by atoms with Gasteiger partial charge in [-0.05, 0) is 340 Å². The second-order valence-electron chi connectivity index (χ2n) is 34.1. The van der Waals surface area contributed by atoms with Gasteiger partial charge in [-0.25, -0.2) is 52.7 Å². The predicted octanol–water partition coefficient (Wildman–Crippen LogP) is 37.6. The Morgan fingerprint density at radius 1 is 0.129 bits per heavy atom. The van der Waals surface area contributed by atoms with Gasteiger partial charge in [0.15, 0.2) is 64.0 Å². The van der Waals surface area contributed by atoms with Crippen LogP contribution in [0.1, 0.15) is 11.1 Å². The molecule has 0 aliphatic rings. The summed E-state index contributed by atoms with van der Waals surface area (Å²) in [5.41, 5.74) is 11.1. The van der Waals surface area contributed by atoms with Gasteiger partial charge in [-0.15, -0.1) is 0 Å². The van der Waals surface area contributed by atoms with E-state index in [0.717, 1.165) is 190 Å². The van der Waals surface area contributed by atoms with Crippen molar-refractivity contribution in [1.29, 1.82) is 0 Å². The molecule has 0 aliphatic heterocycles. The minimum Gasteiger partial charge on any atom is -0.207 e. The molecule has 0 bridgehead atoms. The molecule has 680 valence electrons. The standard InChI is InChI=1S/2C31H17F5.C30H15F5.C30H17F3/c32-27-16-18-12-13-20(14-21(18)17-28(27)33)30-25-10-3-1-8-23(25)29(24-9-2-4-11-26(24)30)19-6-5-7-22(15-19)31(34,35)36;32-27-16-19-9-10-20(15-21(19)17-28(27)33)30-25-7-3-1-5-23(25)29(24-6-2-4-8-26(24)30)18-11-13-22(14-12-18)31(34,35)36;31-24-12-16-9-10-17(11-18(16)13-25(24)32)28-20-5-1-3-7-22(20)29(23-8-4-2-6-21(23)28)19-14-26(33)30(35)27(34)15-19;31-22-13-11-18(12-14-22)29-23-5-1-3-7-25(23)30(26-8-4-2-6-24(26)29)20-10-9-19-16-27(32)28(33)17-21(19)15-20/h2*1-17H;1-15H;1-17H. The smallest absolute Gasteiger partial charge is 0.207 e. The van der Waals surface area contributed by atoms with E-state index >= 15 is 0 Å². The zero-order valence-corrected chi connectivity index (χ0v) is 72.9. The molecule has 0 spiro atoms. The first-order valence-electron chi connectivity index (χ1n) is 44.2. The zero-order chi connectivity index (χ0) is 96.8. The van der Waals surface area contributed by atoms with Gasteiger partial charge in [0.05, 0.1) is 11.1 Å². The molecule has 0 atom stereocenters. The Bertz CT molecular complexity index is 8930. The van der Waals surface area contributed by atoms with Crippen molar-refractivity contribution < 1.29 is 79.0 Å². The molecule has 0 saturated carbocycles. The van der Waals surface area contributed by atoms with Gasteiger partial charge < -0.3 is 0 Å². The van der Waals surface area contributed by atoms with Crippen LogP contribution in [0.25, 0.3) is 218 Å². The van der Waals surface area contributed by atoms with Gasteiger partial charge in [0.1, 0.15) is 5.82 Å². The first-order valence-corrected chi connectivity index (χ1v) is 44.2. The Kier molecular flexibility index (Phi) is 23.1. The third kappa shape index (κ3) is 16.5. The van der Waals surface area contributed by atoms with E-state index in [1.807, 2.05) is 218 Å². The highest BCUT2D eigenvalue weighted by molar-refractivity contribution is 6.26. The summed E-state index contributed by atoms with van der Waals surface area (Å²) < 4.78 is 247. The molecule has 0 saturated heterocycles. The van der Waals surface area contributed by atoms with Crippen LogP contribution >= 0.6 is 0 Å². The van der Waals surface area contributed by atoms with Crippen molar-refractivity contribution >= 4 is 129 Å². The summed E-state index contributed by atoms with van der Waals surface area (Å²) in [5, 5.41) is 18.8. The SMILES string of the molecule is Fc1cc2ccc(-c3c4ccccc4c(-c4cc(F)c(F)c(F)c4)c4ccccc34)cc2cc1F.Fc1cc2ccc(-c3c4ccccc4c(-c4ccc(C(F)(F)F)cc4)c4ccccc34)cc2cc1F.Fc1cc2ccc(-c3c4ccccc4c(-c4cccc(C(F)(F)F)c4)c4ccccc34)cc2cc1F.Fc1ccc(-c2c3ccccc3c(-c3ccc4cc(F)c(F)cc4c3)c3ccccc23)cc1. The summed E-state index contributed by atoms with van der Waals surface area (Å²) in [6.07, 6.45) is -8.87. The van der Waals surface area contributed by atoms with Gasteiger partial charge in [-0.2, -0.15) is 26.3 Å². The summed E-state index contributed by atoms with van der Waals surface area (Å²) in [4.78, 5) is 0. The van der Waals surface area contributed by atoms with Gasteiger partial charge in [0, 0.05) is 0 Å². The van der Waals surface area contributed by atoms with Gasteiger partial charge >= 0.3 is 12.4 Å². The van der Waals surface area contributed by atoms with Crippen molar-refractivity contribution in [3.8, 4) is 89.0 Å². The van der Waals surface area contributed by atoms with E-state index in [1.165, 1.54) is 72.8 Å². The summed E-state index contributed by atoms with van der Waals surface area (Å²) in [7, 11) is 0. The van der Waals surface area contributed by atoms with Crippen LogP contribution in [0.3, 0.4) is 0 Å². The van der Waals surface area contributed by atoms with Gasteiger partial charge in [-0.1, -0.05) is 279 Å². The number of benzene rings is 24. The molecule has 24 aromatic rings. The number of fused-ring (bicyclic) bond motifs is 12. The predicted molar refractivity (Wildman–Crippen MR) is 529 cm³/mol. The van der Waals surface area contributed by atoms with Gasteiger partial charge in [-0.3, -0.25) is 0 Å². The van der Waals surface area contributed by atoms with Crippen LogP contribution in [0.4, 0.5) is 79.0 Å². The molecule has 0 amide bonds. The topological polar surface area (TPSA) is 0 Å². The van der Waals surface area contributed by atoms with Crippen molar-refractivity contribution in [2.45, 2.75) is 12.4 Å². The summed E-state index contributed by atoms with van der Waals surface area (Å²) >= 11 is 0. The molecule has 24 aromatic carbocycles. The maximum Gasteiger partial charge on any atom is 0.416 e. The van der Waals surface area contributed by atoms with Crippen LogP contribution < -0.4 is 0 Å². The van der Waals surface area contributed by atoms with Crippen molar-refractivity contribution in [3.05, 3.63) is 481 Å². The highest BCUT2D eigenvalue weighted by atomic mass is 19.4. The third-order valence-electron chi connectivity index (χ3n) is 25.8. The zero-order valence-electron chi connectivity index (χ0n) is 72.9. The van der Waals surface area contributed by atoms with E-state index in [1.54, 1.807) is 42.5 Å². The Hall–Kier alpha value is -16.9. The molecular formula is C122H66F18. The second kappa shape index (κ2) is 36.0. The number of hydrogen-bond donors (Lipinski definition) is 0. The van der Waals surface area contributed by atoms with E-state index in [2.05, 4.69) is 24.3 Å². The highest BCUT2D eigenvalue weighted by Gasteiger charge is 2.33. The average Bonchev–Trinajstić information content (AvgIpc) is 0.741. The Morgan fingerprint density at radius 2 is 0.321 bits per heavy atom. The maximum absolute atomic E-state index is 14.2. The lowest BCUT2D eigenvalue weighted by atomic mass is 9.85. The summed E-state index contributed by atoms with van der Waals surface area (Å²) in [6.45, 7) is 0. The fraction of sp³-hybridized carbons (Fsp3) is 0.0164. The monoisotopic (exact) mass is 1870 g/mol. The van der Waals surface area contributed by atoms with E-state index in [4.69, 9.17) is 0 Å². The summed E-state index contributed by atoms with van der Waals surface area (Å²) in [6, 6.07) is 112. The minimum absolute atomic E-state index is 0.219. The lowest BCUT2D eigenvalue weighted by Crippen LogP contribution is -2.04. The molecule has 0 unspecified atom stereocenters. The second-order valence-corrected chi connectivity index (χ2v) is 34.1. The third-order valence-corrected chi connectivity index (χ3v) is 25.8. The molecule has 0 N–H and O–H groups in total. The first kappa shape index (κ1) is 89.7.